The van der Waals surface area contributed by atoms with Crippen LogP contribution >= 0.6 is 0 Å². The third-order valence-electron chi connectivity index (χ3n) is 2.32. The molecule has 0 aliphatic heterocycles. The van der Waals surface area contributed by atoms with Gasteiger partial charge in [0.2, 0.25) is 0 Å². The lowest BCUT2D eigenvalue weighted by Crippen LogP contribution is -2.25. The number of amides is 2. The maximum Gasteiger partial charge on any atom is 0.332 e. The molecule has 0 atom stereocenters. The van der Waals surface area contributed by atoms with Crippen LogP contribution in [0, 0.1) is 0 Å². The van der Waals surface area contributed by atoms with Gasteiger partial charge >= 0.3 is 6.03 Å². The largest absolute Gasteiger partial charge is 0.497 e. The van der Waals surface area contributed by atoms with Gasteiger partial charge in [-0.15, -0.1) is 0 Å². The maximum absolute atomic E-state index is 10.7. The van der Waals surface area contributed by atoms with Crippen LogP contribution in [0.5, 0.6) is 11.5 Å². The van der Waals surface area contributed by atoms with Crippen LogP contribution in [0.1, 0.15) is 18.9 Å². The average molecular weight is 251 g/mol. The van der Waals surface area contributed by atoms with Crippen LogP contribution in [-0.4, -0.2) is 26.0 Å². The molecule has 0 saturated carbocycles. The van der Waals surface area contributed by atoms with Gasteiger partial charge in [0.1, 0.15) is 11.5 Å². The minimum absolute atomic E-state index is 0.636. The molecule has 2 amide bonds. The summed E-state index contributed by atoms with van der Waals surface area (Å²) in [6, 6.07) is 4.69. The quantitative estimate of drug-likeness (QED) is 0.614. The summed E-state index contributed by atoms with van der Waals surface area (Å²) in [5.41, 5.74) is 8.69. The molecule has 0 aromatic heterocycles. The molecule has 6 heteroatoms. The van der Waals surface area contributed by atoms with E-state index in [2.05, 4.69) is 10.5 Å². The first kappa shape index (κ1) is 13.8. The van der Waals surface area contributed by atoms with Gasteiger partial charge < -0.3 is 15.2 Å². The van der Waals surface area contributed by atoms with Crippen molar-refractivity contribution in [2.45, 2.75) is 13.3 Å². The third kappa shape index (κ3) is 3.65. The van der Waals surface area contributed by atoms with Crippen molar-refractivity contribution >= 4 is 11.7 Å². The van der Waals surface area contributed by atoms with Crippen LogP contribution in [0.3, 0.4) is 0 Å². The Hall–Kier alpha value is -2.24. The fourth-order valence-electron chi connectivity index (χ4n) is 1.44. The summed E-state index contributed by atoms with van der Waals surface area (Å²) in [5, 5.41) is 3.94. The molecule has 0 fully saturated rings. The van der Waals surface area contributed by atoms with E-state index in [1.54, 1.807) is 20.3 Å². The van der Waals surface area contributed by atoms with Crippen LogP contribution < -0.4 is 20.6 Å². The van der Waals surface area contributed by atoms with E-state index >= 15 is 0 Å². The van der Waals surface area contributed by atoms with Crippen molar-refractivity contribution in [1.82, 2.24) is 5.43 Å². The van der Waals surface area contributed by atoms with Gasteiger partial charge in [0.15, 0.2) is 0 Å². The zero-order valence-corrected chi connectivity index (χ0v) is 10.7. The first-order chi connectivity index (χ1) is 8.60. The van der Waals surface area contributed by atoms with Gasteiger partial charge in [0, 0.05) is 11.6 Å². The fraction of sp³-hybridized carbons (Fsp3) is 0.333. The zero-order chi connectivity index (χ0) is 13.5. The number of carbonyl (C=O) groups is 1. The molecule has 1 aromatic rings. The van der Waals surface area contributed by atoms with Gasteiger partial charge in [-0.3, -0.25) is 0 Å². The highest BCUT2D eigenvalue weighted by molar-refractivity contribution is 6.01. The third-order valence-corrected chi connectivity index (χ3v) is 2.32. The average Bonchev–Trinajstić information content (AvgIpc) is 2.38. The number of hydrogen-bond acceptors (Lipinski definition) is 4. The molecule has 0 aliphatic rings. The molecule has 18 heavy (non-hydrogen) atoms. The fourth-order valence-corrected chi connectivity index (χ4v) is 1.44. The Morgan fingerprint density at radius 1 is 1.28 bits per heavy atom. The predicted molar refractivity (Wildman–Crippen MR) is 69.1 cm³/mol. The molecular formula is C12H17N3O3. The lowest BCUT2D eigenvalue weighted by atomic mass is 10.1. The second kappa shape index (κ2) is 6.48. The Morgan fingerprint density at radius 2 is 1.83 bits per heavy atom. The summed E-state index contributed by atoms with van der Waals surface area (Å²) in [5.74, 6) is 1.31. The van der Waals surface area contributed by atoms with Crippen molar-refractivity contribution in [3.05, 3.63) is 23.8 Å². The van der Waals surface area contributed by atoms with Gasteiger partial charge in [-0.25, -0.2) is 10.2 Å². The molecular weight excluding hydrogens is 234 g/mol. The standard InChI is InChI=1S/C12H17N3O3/c1-4-11(14-15-12(13)16)8-5-9(17-2)7-10(6-8)18-3/h5-7H,4H2,1-3H3,(H3,13,15,16)/b14-11-. The number of nitrogens with one attached hydrogen (secondary N) is 1. The zero-order valence-electron chi connectivity index (χ0n) is 10.7. The Kier molecular flexibility index (Phi) is 4.98. The van der Waals surface area contributed by atoms with E-state index in [0.717, 1.165) is 5.56 Å². The maximum atomic E-state index is 10.7. The molecule has 3 N–H and O–H groups in total. The number of ether oxygens (including phenoxy) is 2. The van der Waals surface area contributed by atoms with E-state index in [1.165, 1.54) is 0 Å². The number of hydrogen-bond donors (Lipinski definition) is 2. The number of benzene rings is 1. The molecule has 0 saturated heterocycles. The second-order valence-corrected chi connectivity index (χ2v) is 3.49. The molecule has 1 rings (SSSR count). The van der Waals surface area contributed by atoms with Crippen LogP contribution in [0.2, 0.25) is 0 Å². The first-order valence-corrected chi connectivity index (χ1v) is 5.46. The lowest BCUT2D eigenvalue weighted by molar-refractivity contribution is 0.249. The number of primary amides is 1. The molecule has 6 nitrogen and oxygen atoms in total. The number of carbonyl (C=O) groups excluding carboxylic acids is 1. The number of nitrogens with zero attached hydrogens (tertiary/aromatic N) is 1. The Labute approximate surface area is 106 Å². The number of methoxy groups -OCH3 is 2. The van der Waals surface area contributed by atoms with E-state index < -0.39 is 6.03 Å². The molecule has 1 aromatic carbocycles. The normalized spacial score (nSPS) is 10.9. The van der Waals surface area contributed by atoms with E-state index in [0.29, 0.717) is 23.6 Å². The van der Waals surface area contributed by atoms with Crippen molar-refractivity contribution in [3.63, 3.8) is 0 Å². The molecule has 98 valence electrons. The van der Waals surface area contributed by atoms with Gasteiger partial charge in [-0.05, 0) is 18.6 Å². The van der Waals surface area contributed by atoms with Crippen molar-refractivity contribution in [2.75, 3.05) is 14.2 Å². The SMILES string of the molecule is CC/C(=N/NC(N)=O)c1cc(OC)cc(OC)c1. The number of hydrazone groups is 1. The predicted octanol–water partition coefficient (Wildman–Crippen LogP) is 1.49. The summed E-state index contributed by atoms with van der Waals surface area (Å²) in [6.45, 7) is 1.92. The second-order valence-electron chi connectivity index (χ2n) is 3.49. The Bertz CT molecular complexity index is 436. The van der Waals surface area contributed by atoms with Gasteiger partial charge in [-0.2, -0.15) is 5.10 Å². The van der Waals surface area contributed by atoms with E-state index in [9.17, 15) is 4.79 Å². The van der Waals surface area contributed by atoms with Crippen molar-refractivity contribution in [2.24, 2.45) is 10.8 Å². The summed E-state index contributed by atoms with van der Waals surface area (Å²) < 4.78 is 10.3. The topological polar surface area (TPSA) is 85.9 Å². The summed E-state index contributed by atoms with van der Waals surface area (Å²) in [4.78, 5) is 10.7. The number of urea groups is 1. The van der Waals surface area contributed by atoms with Gasteiger partial charge in [0.25, 0.3) is 0 Å². The summed E-state index contributed by atoms with van der Waals surface area (Å²) >= 11 is 0. The highest BCUT2D eigenvalue weighted by Gasteiger charge is 2.07. The Morgan fingerprint density at radius 3 is 2.22 bits per heavy atom. The van der Waals surface area contributed by atoms with E-state index in [4.69, 9.17) is 15.2 Å². The van der Waals surface area contributed by atoms with Crippen LogP contribution in [-0.2, 0) is 0 Å². The number of rotatable bonds is 5. The molecule has 0 bridgehead atoms. The van der Waals surface area contributed by atoms with Crippen LogP contribution in [0.15, 0.2) is 23.3 Å². The van der Waals surface area contributed by atoms with Crippen molar-refractivity contribution in [3.8, 4) is 11.5 Å². The highest BCUT2D eigenvalue weighted by atomic mass is 16.5. The lowest BCUT2D eigenvalue weighted by Gasteiger charge is -2.09. The Balaban J connectivity index is 3.11. The molecule has 0 aliphatic carbocycles. The molecule has 0 spiro atoms. The highest BCUT2D eigenvalue weighted by Crippen LogP contribution is 2.23. The van der Waals surface area contributed by atoms with Crippen molar-refractivity contribution in [1.29, 1.82) is 0 Å². The number of nitrogens with two attached hydrogens (primary N) is 1. The monoisotopic (exact) mass is 251 g/mol. The van der Waals surface area contributed by atoms with Gasteiger partial charge in [0.05, 0.1) is 19.9 Å². The minimum atomic E-state index is -0.698. The van der Waals surface area contributed by atoms with Crippen molar-refractivity contribution < 1.29 is 14.3 Å². The minimum Gasteiger partial charge on any atom is -0.497 e. The molecule has 0 unspecified atom stereocenters. The van der Waals surface area contributed by atoms with Crippen LogP contribution in [0.4, 0.5) is 4.79 Å². The van der Waals surface area contributed by atoms with Gasteiger partial charge in [-0.1, -0.05) is 6.92 Å². The first-order valence-electron chi connectivity index (χ1n) is 5.46. The molecule has 0 radical (unpaired) electrons. The van der Waals surface area contributed by atoms with E-state index in [1.807, 2.05) is 19.1 Å². The van der Waals surface area contributed by atoms with E-state index in [-0.39, 0.29) is 0 Å². The summed E-state index contributed by atoms with van der Waals surface area (Å²) in [7, 11) is 3.14. The smallest absolute Gasteiger partial charge is 0.332 e. The molecule has 0 heterocycles. The summed E-state index contributed by atoms with van der Waals surface area (Å²) in [6.07, 6.45) is 0.636. The van der Waals surface area contributed by atoms with Crippen LogP contribution in [0.25, 0.3) is 0 Å².